The number of nitrogens with one attached hydrogen (secondary N) is 1. The van der Waals surface area contributed by atoms with Crippen molar-refractivity contribution in [1.82, 2.24) is 14.8 Å². The number of pyridine rings is 1. The van der Waals surface area contributed by atoms with Gasteiger partial charge in [0, 0.05) is 22.9 Å². The molecule has 1 fully saturated rings. The second-order valence-corrected chi connectivity index (χ2v) is 8.76. The summed E-state index contributed by atoms with van der Waals surface area (Å²) in [6, 6.07) is 15.1. The van der Waals surface area contributed by atoms with Crippen LogP contribution in [0.3, 0.4) is 0 Å². The van der Waals surface area contributed by atoms with Crippen LogP contribution in [-0.2, 0) is 11.3 Å². The van der Waals surface area contributed by atoms with Crippen molar-refractivity contribution in [2.45, 2.75) is 50.6 Å². The van der Waals surface area contributed by atoms with Gasteiger partial charge in [-0.3, -0.25) is 9.59 Å². The van der Waals surface area contributed by atoms with Crippen molar-refractivity contribution in [2.24, 2.45) is 0 Å². The van der Waals surface area contributed by atoms with Crippen LogP contribution >= 0.6 is 0 Å². The second-order valence-electron chi connectivity index (χ2n) is 8.76. The van der Waals surface area contributed by atoms with Crippen LogP contribution in [-0.4, -0.2) is 41.6 Å². The molecule has 0 atom stereocenters. The first kappa shape index (κ1) is 20.6. The highest BCUT2D eigenvalue weighted by molar-refractivity contribution is 5.94. The fourth-order valence-electron chi connectivity index (χ4n) is 4.88. The zero-order valence-electron chi connectivity index (χ0n) is 18.0. The molecule has 4 rings (SSSR count). The molecule has 1 aromatic heterocycles. The van der Waals surface area contributed by atoms with E-state index in [9.17, 15) is 9.59 Å². The summed E-state index contributed by atoms with van der Waals surface area (Å²) in [5.41, 5.74) is 1.64. The molecule has 5 heteroatoms. The lowest BCUT2D eigenvalue weighted by Crippen LogP contribution is -2.52. The smallest absolute Gasteiger partial charge is 0.240 e. The van der Waals surface area contributed by atoms with Crippen molar-refractivity contribution >= 4 is 27.7 Å². The maximum Gasteiger partial charge on any atom is 0.240 e. The van der Waals surface area contributed by atoms with Gasteiger partial charge in [-0.25, -0.2) is 0 Å². The topological polar surface area (TPSA) is 54.3 Å². The molecule has 1 aliphatic carbocycles. The summed E-state index contributed by atoms with van der Waals surface area (Å²) in [4.78, 5) is 28.2. The van der Waals surface area contributed by atoms with Crippen molar-refractivity contribution in [3.05, 3.63) is 58.8 Å². The minimum absolute atomic E-state index is 0.0144. The van der Waals surface area contributed by atoms with Gasteiger partial charge in [0.2, 0.25) is 5.91 Å². The van der Waals surface area contributed by atoms with Crippen molar-refractivity contribution in [2.75, 3.05) is 20.6 Å². The number of rotatable bonds is 5. The molecule has 1 N–H and O–H groups in total. The van der Waals surface area contributed by atoms with Crippen molar-refractivity contribution in [1.29, 1.82) is 0 Å². The summed E-state index contributed by atoms with van der Waals surface area (Å²) in [6.45, 7) is 0.861. The van der Waals surface area contributed by atoms with Crippen LogP contribution in [0.25, 0.3) is 21.8 Å². The second kappa shape index (κ2) is 8.60. The van der Waals surface area contributed by atoms with E-state index in [4.69, 9.17) is 0 Å². The molecule has 0 saturated heterocycles. The quantitative estimate of drug-likeness (QED) is 0.517. The van der Waals surface area contributed by atoms with Crippen molar-refractivity contribution in [3.63, 3.8) is 0 Å². The summed E-state index contributed by atoms with van der Waals surface area (Å²) in [7, 11) is 4.25. The summed E-state index contributed by atoms with van der Waals surface area (Å²) < 4.78 is 1.97. The van der Waals surface area contributed by atoms with E-state index in [2.05, 4.69) is 24.3 Å². The Kier molecular flexibility index (Phi) is 5.91. The zero-order valence-corrected chi connectivity index (χ0v) is 18.0. The number of amides is 1. The molecule has 1 saturated carbocycles. The van der Waals surface area contributed by atoms with Crippen LogP contribution < -0.4 is 10.7 Å². The Morgan fingerprint density at radius 3 is 2.00 bits per heavy atom. The lowest BCUT2D eigenvalue weighted by atomic mass is 9.88. The van der Waals surface area contributed by atoms with Crippen molar-refractivity contribution < 1.29 is 4.79 Å². The monoisotopic (exact) mass is 405 g/mol. The van der Waals surface area contributed by atoms with Gasteiger partial charge in [0.05, 0.1) is 11.0 Å². The molecule has 5 nitrogen and oxygen atoms in total. The van der Waals surface area contributed by atoms with Crippen molar-refractivity contribution in [3.8, 4) is 0 Å². The van der Waals surface area contributed by atoms with Gasteiger partial charge in [-0.2, -0.15) is 0 Å². The number of benzene rings is 2. The molecule has 0 radical (unpaired) electrons. The Bertz CT molecular complexity index is 1050. The van der Waals surface area contributed by atoms with Gasteiger partial charge in [0.15, 0.2) is 5.43 Å². The van der Waals surface area contributed by atoms with Crippen LogP contribution in [0.1, 0.15) is 38.5 Å². The summed E-state index contributed by atoms with van der Waals surface area (Å²) in [5.74, 6) is -0.0144. The summed E-state index contributed by atoms with van der Waals surface area (Å²) in [6.07, 6.45) is 7.21. The van der Waals surface area contributed by atoms with Crippen LogP contribution in [0.5, 0.6) is 0 Å². The third-order valence-corrected chi connectivity index (χ3v) is 6.78. The molecule has 3 aromatic rings. The number of carbonyl (C=O) groups excluding carboxylic acids is 1. The van der Waals surface area contributed by atoms with Gasteiger partial charge in [0.25, 0.3) is 0 Å². The van der Waals surface area contributed by atoms with Gasteiger partial charge in [-0.05, 0) is 51.2 Å². The van der Waals surface area contributed by atoms with Gasteiger partial charge in [-0.1, -0.05) is 49.9 Å². The fourth-order valence-corrected chi connectivity index (χ4v) is 4.88. The van der Waals surface area contributed by atoms with E-state index < -0.39 is 0 Å². The number of aromatic nitrogens is 1. The normalized spacial score (nSPS) is 16.6. The lowest BCUT2D eigenvalue weighted by molar-refractivity contribution is -0.122. The molecule has 0 aliphatic heterocycles. The van der Waals surface area contributed by atoms with Gasteiger partial charge < -0.3 is 14.8 Å². The maximum absolute atomic E-state index is 13.0. The number of para-hydroxylation sites is 2. The minimum Gasteiger partial charge on any atom is -0.353 e. The highest BCUT2D eigenvalue weighted by Crippen LogP contribution is 2.30. The standard InChI is InChI=1S/C25H31N3O2/c1-27(2)25(15-9-3-4-10-16-25)18-26-23(29)17-28-21-13-7-5-11-19(21)24(30)20-12-6-8-14-22(20)28/h5-8,11-14H,3-4,9-10,15-18H2,1-2H3,(H,26,29). The number of fused-ring (bicyclic) bond motifs is 2. The molecule has 0 unspecified atom stereocenters. The Balaban J connectivity index is 1.63. The molecule has 0 spiro atoms. The summed E-state index contributed by atoms with van der Waals surface area (Å²) >= 11 is 0. The van der Waals surface area contributed by atoms with E-state index in [1.165, 1.54) is 25.7 Å². The molecule has 1 aliphatic rings. The van der Waals surface area contributed by atoms with Gasteiger partial charge in [0.1, 0.15) is 6.54 Å². The van der Waals surface area contributed by atoms with Gasteiger partial charge in [-0.15, -0.1) is 0 Å². The first-order valence-corrected chi connectivity index (χ1v) is 11.0. The average molecular weight is 406 g/mol. The zero-order chi connectivity index (χ0) is 21.1. The van der Waals surface area contributed by atoms with Gasteiger partial charge >= 0.3 is 0 Å². The molecule has 2 aromatic carbocycles. The van der Waals surface area contributed by atoms with E-state index in [0.29, 0.717) is 17.3 Å². The van der Waals surface area contributed by atoms with E-state index in [1.807, 2.05) is 53.1 Å². The minimum atomic E-state index is -0.0144. The van der Waals surface area contributed by atoms with Crippen LogP contribution in [0.4, 0.5) is 0 Å². The highest BCUT2D eigenvalue weighted by Gasteiger charge is 2.33. The number of carbonyl (C=O) groups is 1. The maximum atomic E-state index is 13.0. The van der Waals surface area contributed by atoms with Crippen LogP contribution in [0.15, 0.2) is 53.3 Å². The molecule has 158 valence electrons. The predicted molar refractivity (Wildman–Crippen MR) is 123 cm³/mol. The number of hydrogen-bond donors (Lipinski definition) is 1. The Hall–Kier alpha value is -2.66. The third-order valence-electron chi connectivity index (χ3n) is 6.78. The molecule has 1 heterocycles. The third kappa shape index (κ3) is 3.86. The molecule has 1 amide bonds. The first-order chi connectivity index (χ1) is 14.5. The largest absolute Gasteiger partial charge is 0.353 e. The Morgan fingerprint density at radius 2 is 1.47 bits per heavy atom. The number of likely N-dealkylation sites (N-methyl/N-ethyl adjacent to an activating group) is 1. The summed E-state index contributed by atoms with van der Waals surface area (Å²) in [5, 5.41) is 4.52. The molecule has 0 bridgehead atoms. The van der Waals surface area contributed by atoms with E-state index >= 15 is 0 Å². The lowest BCUT2D eigenvalue weighted by Gasteiger charge is -2.39. The number of hydrogen-bond acceptors (Lipinski definition) is 3. The highest BCUT2D eigenvalue weighted by atomic mass is 16.2. The number of nitrogens with zero attached hydrogens (tertiary/aromatic N) is 2. The average Bonchev–Trinajstić information content (AvgIpc) is 3.02. The molecular weight excluding hydrogens is 374 g/mol. The molecule has 30 heavy (non-hydrogen) atoms. The Labute approximate surface area is 177 Å². The fraction of sp³-hybridized carbons (Fsp3) is 0.440. The molecular formula is C25H31N3O2. The van der Waals surface area contributed by atoms with E-state index in [0.717, 1.165) is 23.9 Å². The first-order valence-electron chi connectivity index (χ1n) is 11.0. The predicted octanol–water partition coefficient (Wildman–Crippen LogP) is 3.93. The van der Waals surface area contributed by atoms with E-state index in [-0.39, 0.29) is 23.4 Å². The SMILES string of the molecule is CN(C)C1(CNC(=O)Cn2c3ccccc3c(=O)c3ccccc32)CCCCCC1. The van der Waals surface area contributed by atoms with Crippen LogP contribution in [0, 0.1) is 0 Å². The van der Waals surface area contributed by atoms with E-state index in [1.54, 1.807) is 0 Å². The Morgan fingerprint density at radius 1 is 0.933 bits per heavy atom. The van der Waals surface area contributed by atoms with Crippen LogP contribution in [0.2, 0.25) is 0 Å².